The van der Waals surface area contributed by atoms with Crippen LogP contribution < -0.4 is 0 Å². The van der Waals surface area contributed by atoms with Crippen LogP contribution in [0.4, 0.5) is 4.39 Å². The van der Waals surface area contributed by atoms with Crippen molar-refractivity contribution in [1.82, 2.24) is 4.90 Å². The Morgan fingerprint density at radius 1 is 1.19 bits per heavy atom. The first kappa shape index (κ1) is 10.8. The largest absolute Gasteiger partial charge is 0.271 e. The van der Waals surface area contributed by atoms with E-state index in [-0.39, 0.29) is 17.1 Å². The Bertz CT molecular complexity index is 481. The van der Waals surface area contributed by atoms with Gasteiger partial charge in [-0.05, 0) is 6.07 Å². The van der Waals surface area contributed by atoms with Gasteiger partial charge in [0.2, 0.25) is 0 Å². The summed E-state index contributed by atoms with van der Waals surface area (Å²) in [4.78, 5) is 23.4. The van der Waals surface area contributed by atoms with Crippen LogP contribution in [-0.4, -0.2) is 16.7 Å². The van der Waals surface area contributed by atoms with Crippen molar-refractivity contribution in [1.29, 1.82) is 0 Å². The number of benzene rings is 1. The molecule has 0 saturated heterocycles. The summed E-state index contributed by atoms with van der Waals surface area (Å²) >= 11 is 5.59. The van der Waals surface area contributed by atoms with Crippen LogP contribution >= 0.6 is 11.6 Å². The van der Waals surface area contributed by atoms with Gasteiger partial charge in [0.05, 0.1) is 11.6 Å². The van der Waals surface area contributed by atoms with E-state index in [1.165, 1.54) is 12.1 Å². The summed E-state index contributed by atoms with van der Waals surface area (Å²) in [5.41, 5.74) is 0.220. The second kappa shape index (κ2) is 4.06. The van der Waals surface area contributed by atoms with E-state index in [1.807, 2.05) is 0 Å². The van der Waals surface area contributed by atoms with Crippen LogP contribution in [-0.2, 0) is 16.1 Å². The Balaban J connectivity index is 2.25. The normalized spacial score (nSPS) is 15.0. The van der Waals surface area contributed by atoms with Crippen LogP contribution in [0.25, 0.3) is 0 Å². The maximum Gasteiger partial charge on any atom is 0.253 e. The van der Waals surface area contributed by atoms with E-state index in [0.717, 1.165) is 17.1 Å². The average Bonchev–Trinajstić information content (AvgIpc) is 2.56. The third-order valence-corrected chi connectivity index (χ3v) is 2.55. The first-order valence-electron chi connectivity index (χ1n) is 4.56. The van der Waals surface area contributed by atoms with Crippen LogP contribution in [0.3, 0.4) is 0 Å². The number of imide groups is 1. The third-order valence-electron chi connectivity index (χ3n) is 2.26. The van der Waals surface area contributed by atoms with E-state index in [4.69, 9.17) is 11.6 Å². The zero-order chi connectivity index (χ0) is 11.7. The maximum atomic E-state index is 13.5. The fourth-order valence-corrected chi connectivity index (χ4v) is 1.62. The highest BCUT2D eigenvalue weighted by atomic mass is 35.5. The lowest BCUT2D eigenvalue weighted by atomic mass is 10.2. The molecule has 2 rings (SSSR count). The molecule has 5 heteroatoms. The number of carbonyl (C=O) groups excluding carboxylic acids is 2. The van der Waals surface area contributed by atoms with Gasteiger partial charge in [0.15, 0.2) is 0 Å². The molecule has 0 aromatic heterocycles. The molecule has 0 saturated carbocycles. The van der Waals surface area contributed by atoms with Gasteiger partial charge >= 0.3 is 0 Å². The summed E-state index contributed by atoms with van der Waals surface area (Å²) in [6, 6.07) is 4.46. The molecule has 0 atom stereocenters. The lowest BCUT2D eigenvalue weighted by Crippen LogP contribution is -2.29. The molecule has 2 amide bonds. The van der Waals surface area contributed by atoms with Gasteiger partial charge in [0, 0.05) is 17.7 Å². The topological polar surface area (TPSA) is 37.4 Å². The minimum atomic E-state index is -0.600. The standard InChI is InChI=1S/C11H7ClFNO2/c12-8-3-1-2-7(11(8)13)6-14-9(15)4-5-10(14)16/h1-5H,6H2. The van der Waals surface area contributed by atoms with Gasteiger partial charge in [0.1, 0.15) is 5.82 Å². The predicted octanol–water partition coefficient (Wildman–Crippen LogP) is 1.90. The SMILES string of the molecule is O=C1C=CC(=O)N1Cc1cccc(Cl)c1F. The highest BCUT2D eigenvalue weighted by Crippen LogP contribution is 2.20. The van der Waals surface area contributed by atoms with Gasteiger partial charge in [-0.1, -0.05) is 23.7 Å². The molecule has 0 fully saturated rings. The maximum absolute atomic E-state index is 13.5. The molecule has 0 N–H and O–H groups in total. The van der Waals surface area contributed by atoms with E-state index < -0.39 is 17.6 Å². The molecule has 0 radical (unpaired) electrons. The average molecular weight is 240 g/mol. The van der Waals surface area contributed by atoms with Crippen LogP contribution in [0, 0.1) is 5.82 Å². The van der Waals surface area contributed by atoms with Crippen molar-refractivity contribution in [3.05, 3.63) is 46.8 Å². The summed E-state index contributed by atoms with van der Waals surface area (Å²) in [5.74, 6) is -1.48. The smallest absolute Gasteiger partial charge is 0.253 e. The Kier molecular flexibility index (Phi) is 2.75. The summed E-state index contributed by atoms with van der Waals surface area (Å²) in [6.07, 6.45) is 2.32. The quantitative estimate of drug-likeness (QED) is 0.740. The second-order valence-corrected chi connectivity index (χ2v) is 3.72. The van der Waals surface area contributed by atoms with Crippen molar-refractivity contribution in [2.45, 2.75) is 6.54 Å². The molecule has 1 aliphatic heterocycles. The Labute approximate surface area is 96.1 Å². The van der Waals surface area contributed by atoms with Crippen molar-refractivity contribution in [3.63, 3.8) is 0 Å². The van der Waals surface area contributed by atoms with E-state index in [1.54, 1.807) is 6.07 Å². The molecule has 0 bridgehead atoms. The molecule has 0 unspecified atom stereocenters. The van der Waals surface area contributed by atoms with Gasteiger partial charge < -0.3 is 0 Å². The van der Waals surface area contributed by atoms with E-state index >= 15 is 0 Å². The van der Waals surface area contributed by atoms with Crippen LogP contribution in [0.2, 0.25) is 5.02 Å². The van der Waals surface area contributed by atoms with Gasteiger partial charge in [-0.15, -0.1) is 0 Å². The Morgan fingerprint density at radius 2 is 1.81 bits per heavy atom. The molecule has 0 spiro atoms. The van der Waals surface area contributed by atoms with E-state index in [2.05, 4.69) is 0 Å². The number of carbonyl (C=O) groups is 2. The number of hydrogen-bond donors (Lipinski definition) is 0. The lowest BCUT2D eigenvalue weighted by molar-refractivity contribution is -0.137. The summed E-state index contributed by atoms with van der Waals surface area (Å²) in [6.45, 7) is -0.100. The van der Waals surface area contributed by atoms with Gasteiger partial charge in [0.25, 0.3) is 11.8 Å². The van der Waals surface area contributed by atoms with Gasteiger partial charge in [-0.2, -0.15) is 0 Å². The summed E-state index contributed by atoms with van der Waals surface area (Å²) < 4.78 is 13.5. The lowest BCUT2D eigenvalue weighted by Gasteiger charge is -2.14. The van der Waals surface area contributed by atoms with Gasteiger partial charge in [-0.25, -0.2) is 4.39 Å². The zero-order valence-electron chi connectivity index (χ0n) is 8.11. The molecular weight excluding hydrogens is 233 g/mol. The molecule has 1 aromatic rings. The molecule has 1 aromatic carbocycles. The second-order valence-electron chi connectivity index (χ2n) is 3.31. The van der Waals surface area contributed by atoms with Gasteiger partial charge in [-0.3, -0.25) is 14.5 Å². The molecular formula is C11H7ClFNO2. The summed E-state index contributed by atoms with van der Waals surface area (Å²) in [5, 5.41) is -0.0236. The fourth-order valence-electron chi connectivity index (χ4n) is 1.43. The monoisotopic (exact) mass is 239 g/mol. The van der Waals surface area contributed by atoms with Crippen LogP contribution in [0.5, 0.6) is 0 Å². The molecule has 82 valence electrons. The summed E-state index contributed by atoms with van der Waals surface area (Å²) in [7, 11) is 0. The minimum Gasteiger partial charge on any atom is -0.271 e. The van der Waals surface area contributed by atoms with Crippen LogP contribution in [0.1, 0.15) is 5.56 Å². The molecule has 1 heterocycles. The molecule has 1 aliphatic rings. The van der Waals surface area contributed by atoms with Crippen molar-refractivity contribution in [2.75, 3.05) is 0 Å². The Hall–Kier alpha value is -1.68. The predicted molar refractivity (Wildman–Crippen MR) is 56.1 cm³/mol. The van der Waals surface area contributed by atoms with Crippen molar-refractivity contribution >= 4 is 23.4 Å². The van der Waals surface area contributed by atoms with Crippen molar-refractivity contribution in [2.24, 2.45) is 0 Å². The molecule has 16 heavy (non-hydrogen) atoms. The highest BCUT2D eigenvalue weighted by molar-refractivity contribution is 6.30. The molecule has 3 nitrogen and oxygen atoms in total. The van der Waals surface area contributed by atoms with E-state index in [9.17, 15) is 14.0 Å². The number of nitrogens with zero attached hydrogens (tertiary/aromatic N) is 1. The first-order chi connectivity index (χ1) is 7.59. The fraction of sp³-hybridized carbons (Fsp3) is 0.0909. The Morgan fingerprint density at radius 3 is 2.44 bits per heavy atom. The van der Waals surface area contributed by atoms with Crippen LogP contribution in [0.15, 0.2) is 30.4 Å². The molecule has 0 aliphatic carbocycles. The zero-order valence-corrected chi connectivity index (χ0v) is 8.87. The van der Waals surface area contributed by atoms with Crippen molar-refractivity contribution < 1.29 is 14.0 Å². The number of rotatable bonds is 2. The number of halogens is 2. The first-order valence-corrected chi connectivity index (χ1v) is 4.94. The van der Waals surface area contributed by atoms with Crippen molar-refractivity contribution in [3.8, 4) is 0 Å². The third kappa shape index (κ3) is 1.84. The minimum absolute atomic E-state index is 0.0236. The number of amides is 2. The number of hydrogen-bond acceptors (Lipinski definition) is 2. The van der Waals surface area contributed by atoms with E-state index in [0.29, 0.717) is 0 Å². The highest BCUT2D eigenvalue weighted by Gasteiger charge is 2.24.